The van der Waals surface area contributed by atoms with Gasteiger partial charge in [0.25, 0.3) is 6.16 Å². The van der Waals surface area contributed by atoms with Gasteiger partial charge in [-0.05, 0) is 12.8 Å². The number of carbonyl (C=O) groups excluding carboxylic acids is 1. The maximum atomic E-state index is 9.03. The molecular formula is C16H30N2O3. The van der Waals surface area contributed by atoms with Gasteiger partial charge >= 0.3 is 0 Å². The zero-order chi connectivity index (χ0) is 15.9. The van der Waals surface area contributed by atoms with Crippen LogP contribution in [0.4, 0.5) is 4.79 Å². The van der Waals surface area contributed by atoms with Gasteiger partial charge in [-0.3, -0.25) is 0 Å². The Bertz CT molecular complexity index is 364. The van der Waals surface area contributed by atoms with E-state index < -0.39 is 6.16 Å². The summed E-state index contributed by atoms with van der Waals surface area (Å²) in [4.78, 5) is 9.03. The smallest absolute Gasteiger partial charge is 0.251 e. The third-order valence-electron chi connectivity index (χ3n) is 3.26. The molecule has 1 heterocycles. The minimum absolute atomic E-state index is 1.04. The summed E-state index contributed by atoms with van der Waals surface area (Å²) in [5.74, 6) is 0. The van der Waals surface area contributed by atoms with Gasteiger partial charge in [-0.2, -0.15) is 0 Å². The summed E-state index contributed by atoms with van der Waals surface area (Å²) >= 11 is 0. The van der Waals surface area contributed by atoms with Gasteiger partial charge < -0.3 is 14.6 Å². The van der Waals surface area contributed by atoms with Crippen molar-refractivity contribution in [3.63, 3.8) is 0 Å². The molecule has 0 aliphatic heterocycles. The monoisotopic (exact) mass is 298 g/mol. The number of aryl methyl sites for hydroxylation is 2. The van der Waals surface area contributed by atoms with Gasteiger partial charge in [0.2, 0.25) is 6.33 Å². The molecule has 1 rings (SSSR count). The molecule has 0 amide bonds. The van der Waals surface area contributed by atoms with Gasteiger partial charge in [0.05, 0.1) is 13.6 Å². The van der Waals surface area contributed by atoms with E-state index in [4.69, 9.17) is 9.90 Å². The lowest BCUT2D eigenvalue weighted by Crippen LogP contribution is -2.23. The van der Waals surface area contributed by atoms with Gasteiger partial charge in [0.1, 0.15) is 12.4 Å². The maximum Gasteiger partial charge on any atom is 0.251 e. The number of methoxy groups -OCH3 is 1. The summed E-state index contributed by atoms with van der Waals surface area (Å²) in [6.07, 6.45) is 16.1. The molecule has 0 aliphatic rings. The van der Waals surface area contributed by atoms with Crippen molar-refractivity contribution in [2.24, 2.45) is 7.05 Å². The number of imidazole rings is 1. The van der Waals surface area contributed by atoms with Crippen LogP contribution >= 0.6 is 0 Å². The van der Waals surface area contributed by atoms with Crippen LogP contribution in [0.15, 0.2) is 18.7 Å². The number of hydrogen-bond acceptors (Lipinski definition) is 3. The Morgan fingerprint density at radius 2 is 1.67 bits per heavy atom. The van der Waals surface area contributed by atoms with Crippen molar-refractivity contribution >= 4 is 6.16 Å². The first-order valence-corrected chi connectivity index (χ1v) is 7.86. The van der Waals surface area contributed by atoms with Gasteiger partial charge in [0.15, 0.2) is 0 Å². The minimum Gasteiger partial charge on any atom is -0.553 e. The molecule has 0 aliphatic carbocycles. The van der Waals surface area contributed by atoms with Crippen molar-refractivity contribution in [1.82, 2.24) is 4.57 Å². The second-order valence-corrected chi connectivity index (χ2v) is 5.25. The normalized spacial score (nSPS) is 9.86. The number of nitrogens with zero attached hydrogens (tertiary/aromatic N) is 2. The Morgan fingerprint density at radius 3 is 2.10 bits per heavy atom. The number of rotatable bonds is 9. The molecule has 122 valence electrons. The second kappa shape index (κ2) is 13.5. The fraction of sp³-hybridized carbons (Fsp3) is 0.750. The van der Waals surface area contributed by atoms with Crippen LogP contribution in [0, 0.1) is 0 Å². The van der Waals surface area contributed by atoms with Crippen LogP contribution in [0.2, 0.25) is 0 Å². The summed E-state index contributed by atoms with van der Waals surface area (Å²) in [6.45, 7) is 3.45. The fourth-order valence-electron chi connectivity index (χ4n) is 2.06. The van der Waals surface area contributed by atoms with Crippen molar-refractivity contribution in [1.29, 1.82) is 0 Å². The van der Waals surface area contributed by atoms with Crippen molar-refractivity contribution in [3.05, 3.63) is 18.7 Å². The van der Waals surface area contributed by atoms with E-state index in [1.165, 1.54) is 57.9 Å². The molecule has 0 fully saturated rings. The second-order valence-electron chi connectivity index (χ2n) is 5.25. The Kier molecular flexibility index (Phi) is 12.5. The summed E-state index contributed by atoms with van der Waals surface area (Å²) in [7, 11) is 3.11. The molecule has 0 aromatic carbocycles. The van der Waals surface area contributed by atoms with Crippen molar-refractivity contribution < 1.29 is 19.2 Å². The van der Waals surface area contributed by atoms with Gasteiger partial charge in [0, 0.05) is 7.11 Å². The summed E-state index contributed by atoms with van der Waals surface area (Å²) in [5.41, 5.74) is 0. The lowest BCUT2D eigenvalue weighted by atomic mass is 10.1. The van der Waals surface area contributed by atoms with Crippen LogP contribution in [0.1, 0.15) is 58.3 Å². The van der Waals surface area contributed by atoms with Gasteiger partial charge in [-0.1, -0.05) is 45.4 Å². The molecule has 0 radical (unpaired) electrons. The number of carboxylic acid groups (broad SMARTS) is 1. The first-order chi connectivity index (χ1) is 10.1. The average molecular weight is 298 g/mol. The average Bonchev–Trinajstić information content (AvgIpc) is 2.88. The first-order valence-electron chi connectivity index (χ1n) is 7.86. The van der Waals surface area contributed by atoms with E-state index in [0.717, 1.165) is 7.11 Å². The van der Waals surface area contributed by atoms with E-state index >= 15 is 0 Å². The van der Waals surface area contributed by atoms with Crippen LogP contribution in [0.25, 0.3) is 0 Å². The van der Waals surface area contributed by atoms with E-state index in [2.05, 4.69) is 46.6 Å². The summed E-state index contributed by atoms with van der Waals surface area (Å²) in [5, 5.41) is 9.03. The Balaban J connectivity index is 0.000000690. The summed E-state index contributed by atoms with van der Waals surface area (Å²) in [6, 6.07) is 0. The number of carbonyl (C=O) groups is 1. The van der Waals surface area contributed by atoms with E-state index in [0.29, 0.717) is 0 Å². The Hall–Kier alpha value is -1.52. The predicted octanol–water partition coefficient (Wildman–Crippen LogP) is 2.43. The van der Waals surface area contributed by atoms with Crippen LogP contribution in [-0.4, -0.2) is 17.8 Å². The van der Waals surface area contributed by atoms with E-state index in [9.17, 15) is 0 Å². The highest BCUT2D eigenvalue weighted by molar-refractivity contribution is 5.53. The SMILES string of the molecule is CCCCCCCCCCn1cc[n+](C)c1.COC(=O)[O-]. The largest absolute Gasteiger partial charge is 0.553 e. The predicted molar refractivity (Wildman–Crippen MR) is 80.6 cm³/mol. The first kappa shape index (κ1) is 19.5. The standard InChI is InChI=1S/C14H27N2.C2H4O3/c1-3-4-5-6-7-8-9-10-11-16-13-12-15(2)14-16;1-5-2(3)4/h12-14H,3-11H2,1-2H3;1H3,(H,3,4)/q+1;/p-1. The quantitative estimate of drug-likeness (QED) is 0.400. The van der Waals surface area contributed by atoms with Crippen molar-refractivity contribution in [2.45, 2.75) is 64.8 Å². The number of ether oxygens (including phenoxy) is 1. The third kappa shape index (κ3) is 13.2. The topological polar surface area (TPSA) is 58.2 Å². The Labute approximate surface area is 128 Å². The number of hydrogen-bond donors (Lipinski definition) is 0. The van der Waals surface area contributed by atoms with Crippen molar-refractivity contribution in [2.75, 3.05) is 7.11 Å². The van der Waals surface area contributed by atoms with Gasteiger partial charge in [-0.15, -0.1) is 0 Å². The zero-order valence-electron chi connectivity index (χ0n) is 13.7. The zero-order valence-corrected chi connectivity index (χ0v) is 13.7. The molecule has 0 saturated carbocycles. The van der Waals surface area contributed by atoms with Crippen LogP contribution in [0.5, 0.6) is 0 Å². The molecule has 0 saturated heterocycles. The molecule has 5 nitrogen and oxygen atoms in total. The van der Waals surface area contributed by atoms with Crippen LogP contribution in [0.3, 0.4) is 0 Å². The van der Waals surface area contributed by atoms with Crippen molar-refractivity contribution in [3.8, 4) is 0 Å². The molecule has 0 spiro atoms. The molecule has 21 heavy (non-hydrogen) atoms. The van der Waals surface area contributed by atoms with Crippen LogP contribution in [-0.2, 0) is 18.3 Å². The fourth-order valence-corrected chi connectivity index (χ4v) is 2.06. The molecule has 0 bridgehead atoms. The minimum atomic E-state index is -1.50. The summed E-state index contributed by atoms with van der Waals surface area (Å²) < 4.78 is 7.93. The molecule has 5 heteroatoms. The molecular weight excluding hydrogens is 268 g/mol. The van der Waals surface area contributed by atoms with Gasteiger partial charge in [-0.25, -0.2) is 9.13 Å². The number of unbranched alkanes of at least 4 members (excludes halogenated alkanes) is 7. The molecule has 0 N–H and O–H groups in total. The molecule has 0 unspecified atom stereocenters. The third-order valence-corrected chi connectivity index (χ3v) is 3.26. The maximum absolute atomic E-state index is 9.03. The highest BCUT2D eigenvalue weighted by Gasteiger charge is 1.98. The van der Waals surface area contributed by atoms with E-state index in [-0.39, 0.29) is 0 Å². The molecule has 1 aromatic heterocycles. The lowest BCUT2D eigenvalue weighted by molar-refractivity contribution is -0.671. The van der Waals surface area contributed by atoms with E-state index in [1.54, 1.807) is 0 Å². The highest BCUT2D eigenvalue weighted by atomic mass is 16.6. The lowest BCUT2D eigenvalue weighted by Gasteiger charge is -2.00. The molecule has 0 atom stereocenters. The Morgan fingerprint density at radius 1 is 1.14 bits per heavy atom. The van der Waals surface area contributed by atoms with Crippen LogP contribution < -0.4 is 9.67 Å². The number of aromatic nitrogens is 2. The van der Waals surface area contributed by atoms with E-state index in [1.807, 2.05) is 0 Å². The molecule has 1 aromatic rings. The highest BCUT2D eigenvalue weighted by Crippen LogP contribution is 2.08.